The molecule has 9 heteroatoms. The Morgan fingerprint density at radius 1 is 1.10 bits per heavy atom. The fourth-order valence-electron chi connectivity index (χ4n) is 6.15. The van der Waals surface area contributed by atoms with E-state index in [1.807, 2.05) is 30.3 Å². The van der Waals surface area contributed by atoms with Crippen LogP contribution in [0, 0.1) is 17.2 Å². The van der Waals surface area contributed by atoms with Crippen LogP contribution in [0.3, 0.4) is 0 Å². The Bertz CT molecular complexity index is 1280. The molecule has 3 amide bonds. The number of rotatable bonds is 4. The average molecular weight is 564 g/mol. The quantitative estimate of drug-likeness (QED) is 0.554. The number of nitrogens with zero attached hydrogens (tertiary/aromatic N) is 1. The van der Waals surface area contributed by atoms with Crippen LogP contribution in [0.2, 0.25) is 0 Å². The molecule has 5 rings (SSSR count). The van der Waals surface area contributed by atoms with Crippen molar-refractivity contribution in [3.63, 3.8) is 0 Å². The van der Waals surface area contributed by atoms with Gasteiger partial charge in [-0.1, -0.05) is 42.5 Å². The Morgan fingerprint density at radius 2 is 1.88 bits per heavy atom. The molecule has 3 heterocycles. The van der Waals surface area contributed by atoms with Crippen molar-refractivity contribution < 1.29 is 28.2 Å². The number of amides is 3. The van der Waals surface area contributed by atoms with Gasteiger partial charge in [-0.3, -0.25) is 14.4 Å². The van der Waals surface area contributed by atoms with Crippen LogP contribution >= 0.6 is 0 Å². The molecular formula is C32H38FN3O5. The van der Waals surface area contributed by atoms with Crippen molar-refractivity contribution in [3.05, 3.63) is 77.6 Å². The number of benzene rings is 2. The predicted octanol–water partition coefficient (Wildman–Crippen LogP) is 3.66. The van der Waals surface area contributed by atoms with Crippen molar-refractivity contribution in [2.24, 2.45) is 11.3 Å². The number of carbonyl (C=O) groups is 3. The third-order valence-electron chi connectivity index (χ3n) is 8.70. The predicted molar refractivity (Wildman–Crippen MR) is 152 cm³/mol. The molecule has 41 heavy (non-hydrogen) atoms. The van der Waals surface area contributed by atoms with E-state index in [4.69, 9.17) is 9.47 Å². The van der Waals surface area contributed by atoms with Crippen LogP contribution < -0.4 is 15.4 Å². The summed E-state index contributed by atoms with van der Waals surface area (Å²) in [6.07, 6.45) is 7.46. The van der Waals surface area contributed by atoms with E-state index in [1.165, 1.54) is 19.2 Å². The van der Waals surface area contributed by atoms with Crippen LogP contribution in [0.15, 0.2) is 60.7 Å². The first-order valence-corrected chi connectivity index (χ1v) is 14.4. The van der Waals surface area contributed by atoms with Crippen LogP contribution in [0.1, 0.15) is 48.0 Å². The topological polar surface area (TPSA) is 97.0 Å². The summed E-state index contributed by atoms with van der Waals surface area (Å²) in [5.41, 5.74) is 0.599. The van der Waals surface area contributed by atoms with Gasteiger partial charge in [0.05, 0.1) is 12.5 Å². The Balaban J connectivity index is 1.38. The molecule has 0 radical (unpaired) electrons. The third kappa shape index (κ3) is 6.62. The summed E-state index contributed by atoms with van der Waals surface area (Å²) in [5.74, 6) is -1.10. The molecular weight excluding hydrogens is 525 g/mol. The molecule has 0 aromatic heterocycles. The lowest BCUT2D eigenvalue weighted by atomic mass is 9.75. The first-order chi connectivity index (χ1) is 19.9. The van der Waals surface area contributed by atoms with Crippen molar-refractivity contribution in [3.8, 4) is 5.75 Å². The minimum atomic E-state index is -0.726. The summed E-state index contributed by atoms with van der Waals surface area (Å²) in [7, 11) is 1.38. The molecule has 1 spiro atoms. The van der Waals surface area contributed by atoms with E-state index in [0.29, 0.717) is 64.8 Å². The van der Waals surface area contributed by atoms with Gasteiger partial charge in [0.2, 0.25) is 11.8 Å². The highest BCUT2D eigenvalue weighted by atomic mass is 19.1. The van der Waals surface area contributed by atoms with Crippen LogP contribution in [0.5, 0.6) is 5.75 Å². The second kappa shape index (κ2) is 12.9. The van der Waals surface area contributed by atoms with Gasteiger partial charge >= 0.3 is 0 Å². The van der Waals surface area contributed by atoms with E-state index in [-0.39, 0.29) is 41.0 Å². The smallest absolute Gasteiger partial charge is 0.253 e. The van der Waals surface area contributed by atoms with Gasteiger partial charge in [0.1, 0.15) is 6.04 Å². The van der Waals surface area contributed by atoms with Crippen molar-refractivity contribution >= 4 is 17.7 Å². The van der Waals surface area contributed by atoms with E-state index in [9.17, 15) is 18.8 Å². The summed E-state index contributed by atoms with van der Waals surface area (Å²) in [4.78, 5) is 42.5. The highest BCUT2D eigenvalue weighted by Crippen LogP contribution is 2.36. The second-order valence-corrected chi connectivity index (χ2v) is 11.3. The Labute approximate surface area is 240 Å². The Hall–Kier alpha value is -3.72. The minimum Gasteiger partial charge on any atom is -0.494 e. The van der Waals surface area contributed by atoms with Gasteiger partial charge in [-0.2, -0.15) is 0 Å². The maximum Gasteiger partial charge on any atom is 0.253 e. The lowest BCUT2D eigenvalue weighted by molar-refractivity contribution is -0.140. The van der Waals surface area contributed by atoms with E-state index >= 15 is 0 Å². The van der Waals surface area contributed by atoms with Gasteiger partial charge in [0, 0.05) is 50.2 Å². The molecule has 0 unspecified atom stereocenters. The standard InChI is InChI=1S/C32H38FN3O5/c1-40-28-11-10-23(20-25(28)33)30(38)36-16-12-26-24(21-36)9-5-6-13-32(14-17-41-18-15-32)31(39)35-27(29(37)34-26)19-22-7-3-2-4-8-22/h2-8,10-11,20,24,26-27H,9,12-19,21H2,1H3,(H,34,37)(H,35,39)/t24-,26+,27-/m1/s1. The number of piperidine rings is 1. The SMILES string of the molecule is COc1ccc(C(=O)N2CC[C@@H]3NC(=O)[C@@H](Cc4ccccc4)NC(=O)C4(CC=CC[C@@H]3C2)CCOCC4)cc1F. The molecule has 2 N–H and O–H groups in total. The van der Waals surface area contributed by atoms with Gasteiger partial charge in [0.25, 0.3) is 5.91 Å². The number of fused-ring (bicyclic) bond motifs is 1. The number of ether oxygens (including phenoxy) is 2. The number of hydrogen-bond donors (Lipinski definition) is 2. The van der Waals surface area contributed by atoms with Gasteiger partial charge < -0.3 is 25.0 Å². The lowest BCUT2D eigenvalue weighted by Crippen LogP contribution is -2.58. The molecule has 3 aliphatic heterocycles. The Morgan fingerprint density at radius 3 is 2.61 bits per heavy atom. The van der Waals surface area contributed by atoms with Gasteiger partial charge in [-0.05, 0) is 55.9 Å². The second-order valence-electron chi connectivity index (χ2n) is 11.3. The average Bonchev–Trinajstić information content (AvgIpc) is 2.99. The number of likely N-dealkylation sites (tertiary alicyclic amines) is 1. The first-order valence-electron chi connectivity index (χ1n) is 14.4. The molecule has 0 saturated carbocycles. The number of hydrogen-bond acceptors (Lipinski definition) is 5. The molecule has 218 valence electrons. The molecule has 3 aliphatic rings. The highest BCUT2D eigenvalue weighted by molar-refractivity contribution is 5.94. The fourth-order valence-corrected chi connectivity index (χ4v) is 6.15. The van der Waals surface area contributed by atoms with Gasteiger partial charge in [0.15, 0.2) is 11.6 Å². The summed E-state index contributed by atoms with van der Waals surface area (Å²) in [5, 5.41) is 6.32. The molecule has 3 atom stereocenters. The number of nitrogens with one attached hydrogen (secondary N) is 2. The maximum atomic E-state index is 14.3. The van der Waals surface area contributed by atoms with E-state index < -0.39 is 17.3 Å². The van der Waals surface area contributed by atoms with Crippen molar-refractivity contribution in [1.82, 2.24) is 15.5 Å². The first kappa shape index (κ1) is 28.8. The van der Waals surface area contributed by atoms with Crippen molar-refractivity contribution in [1.29, 1.82) is 0 Å². The molecule has 0 aliphatic carbocycles. The normalized spacial score (nSPS) is 24.8. The lowest BCUT2D eigenvalue weighted by Gasteiger charge is -2.40. The molecule has 0 bridgehead atoms. The molecule has 2 aromatic carbocycles. The van der Waals surface area contributed by atoms with E-state index in [0.717, 1.165) is 5.56 Å². The van der Waals surface area contributed by atoms with Crippen molar-refractivity contribution in [2.75, 3.05) is 33.4 Å². The van der Waals surface area contributed by atoms with E-state index in [2.05, 4.69) is 22.8 Å². The molecule has 2 saturated heterocycles. The largest absolute Gasteiger partial charge is 0.494 e. The number of carbonyl (C=O) groups excluding carboxylic acids is 3. The van der Waals surface area contributed by atoms with Gasteiger partial charge in [-0.25, -0.2) is 4.39 Å². The molecule has 2 fully saturated rings. The summed E-state index contributed by atoms with van der Waals surface area (Å²) in [6.45, 7) is 1.86. The van der Waals surface area contributed by atoms with Crippen LogP contribution in [-0.2, 0) is 20.7 Å². The van der Waals surface area contributed by atoms with Crippen LogP contribution in [0.25, 0.3) is 0 Å². The zero-order chi connectivity index (χ0) is 28.8. The van der Waals surface area contributed by atoms with Crippen LogP contribution in [0.4, 0.5) is 4.39 Å². The number of halogens is 1. The summed E-state index contributed by atoms with van der Waals surface area (Å²) >= 11 is 0. The Kier molecular flexibility index (Phi) is 9.03. The summed E-state index contributed by atoms with van der Waals surface area (Å²) < 4.78 is 24.9. The zero-order valence-corrected chi connectivity index (χ0v) is 23.4. The van der Waals surface area contributed by atoms with E-state index in [1.54, 1.807) is 11.0 Å². The minimum absolute atomic E-state index is 0.0332. The summed E-state index contributed by atoms with van der Waals surface area (Å²) in [6, 6.07) is 13.0. The monoisotopic (exact) mass is 563 g/mol. The zero-order valence-electron chi connectivity index (χ0n) is 23.4. The molecule has 8 nitrogen and oxygen atoms in total. The van der Waals surface area contributed by atoms with Crippen molar-refractivity contribution in [2.45, 2.75) is 50.6 Å². The number of methoxy groups -OCH3 is 1. The molecule has 2 aromatic rings. The number of allylic oxidation sites excluding steroid dienone is 2. The van der Waals surface area contributed by atoms with Crippen LogP contribution in [-0.4, -0.2) is 68.1 Å². The van der Waals surface area contributed by atoms with Gasteiger partial charge in [-0.15, -0.1) is 0 Å². The highest BCUT2D eigenvalue weighted by Gasteiger charge is 2.41. The maximum absolute atomic E-state index is 14.3. The fraction of sp³-hybridized carbons (Fsp3) is 0.469. The third-order valence-corrected chi connectivity index (χ3v) is 8.70.